The average molecular weight is 300 g/mol. The zero-order chi connectivity index (χ0) is 15.4. The van der Waals surface area contributed by atoms with Gasteiger partial charge in [0.05, 0.1) is 5.69 Å². The lowest BCUT2D eigenvalue weighted by Crippen LogP contribution is -2.45. The Morgan fingerprint density at radius 2 is 2.10 bits per heavy atom. The predicted octanol–water partition coefficient (Wildman–Crippen LogP) is 2.48. The quantitative estimate of drug-likeness (QED) is 0.895. The maximum Gasteiger partial charge on any atom is 0.407 e. The fourth-order valence-electron chi connectivity index (χ4n) is 1.58. The Kier molecular flexibility index (Phi) is 5.36. The van der Waals surface area contributed by atoms with Crippen LogP contribution in [-0.2, 0) is 10.2 Å². The van der Waals surface area contributed by atoms with E-state index < -0.39 is 17.1 Å². The van der Waals surface area contributed by atoms with E-state index in [1.807, 2.05) is 27.7 Å². The van der Waals surface area contributed by atoms with Crippen LogP contribution in [0.5, 0.6) is 0 Å². The summed E-state index contributed by atoms with van der Waals surface area (Å²) in [7, 11) is 0. The molecule has 0 spiro atoms. The van der Waals surface area contributed by atoms with Gasteiger partial charge in [-0.2, -0.15) is 0 Å². The molecule has 1 aromatic rings. The third-order valence-electron chi connectivity index (χ3n) is 2.81. The average Bonchev–Trinajstić information content (AvgIpc) is 2.34. The van der Waals surface area contributed by atoms with Gasteiger partial charge >= 0.3 is 6.09 Å². The molecule has 0 saturated carbocycles. The number of rotatable bonds is 4. The largest absolute Gasteiger partial charge is 0.444 e. The van der Waals surface area contributed by atoms with Crippen molar-refractivity contribution >= 4 is 17.7 Å². The highest BCUT2D eigenvalue weighted by atomic mass is 35.5. The van der Waals surface area contributed by atoms with Crippen molar-refractivity contribution in [2.75, 3.05) is 13.1 Å². The zero-order valence-electron chi connectivity index (χ0n) is 12.4. The van der Waals surface area contributed by atoms with E-state index in [0.717, 1.165) is 5.69 Å². The molecule has 20 heavy (non-hydrogen) atoms. The lowest BCUT2D eigenvalue weighted by Gasteiger charge is -2.28. The van der Waals surface area contributed by atoms with Crippen molar-refractivity contribution in [3.63, 3.8) is 0 Å². The number of nitrogens with zero attached hydrogens (tertiary/aromatic N) is 1. The molecule has 0 aliphatic heterocycles. The fourth-order valence-corrected chi connectivity index (χ4v) is 1.74. The smallest absolute Gasteiger partial charge is 0.407 e. The Balaban J connectivity index is 2.74. The first-order valence-corrected chi connectivity index (χ1v) is 6.83. The lowest BCUT2D eigenvalue weighted by molar-refractivity contribution is 0.0516. The Labute approximate surface area is 124 Å². The Morgan fingerprint density at radius 3 is 2.60 bits per heavy atom. The molecule has 5 nitrogen and oxygen atoms in total. The number of ether oxygens (including phenoxy) is 1. The molecule has 0 aliphatic carbocycles. The first kappa shape index (κ1) is 16.7. The fraction of sp³-hybridized carbons (Fsp3) is 0.571. The number of carbonyl (C=O) groups excluding carboxylic acids is 1. The molecule has 0 aliphatic rings. The second-order valence-electron chi connectivity index (χ2n) is 5.98. The van der Waals surface area contributed by atoms with Crippen molar-refractivity contribution in [3.8, 4) is 0 Å². The van der Waals surface area contributed by atoms with Gasteiger partial charge in [-0.25, -0.2) is 4.79 Å². The molecular formula is C14H22ClN3O2. The third kappa shape index (κ3) is 4.98. The van der Waals surface area contributed by atoms with E-state index >= 15 is 0 Å². The van der Waals surface area contributed by atoms with Gasteiger partial charge in [-0.1, -0.05) is 18.5 Å². The molecule has 1 atom stereocenters. The molecule has 3 N–H and O–H groups in total. The second kappa shape index (κ2) is 6.41. The van der Waals surface area contributed by atoms with E-state index in [1.54, 1.807) is 18.3 Å². The van der Waals surface area contributed by atoms with Gasteiger partial charge in [0.15, 0.2) is 0 Å². The van der Waals surface area contributed by atoms with Crippen LogP contribution in [0.2, 0.25) is 5.02 Å². The first-order valence-electron chi connectivity index (χ1n) is 6.45. The summed E-state index contributed by atoms with van der Waals surface area (Å²) >= 11 is 5.96. The second-order valence-corrected chi connectivity index (χ2v) is 6.42. The number of amides is 1. The normalized spacial score (nSPS) is 14.5. The standard InChI is InChI=1S/C14H22ClN3O2/c1-13(2,3)20-12(19)18-9-14(4,8-16)11-7-10(15)5-6-17-11/h5-7H,8-9,16H2,1-4H3,(H,18,19). The molecule has 0 saturated heterocycles. The monoisotopic (exact) mass is 299 g/mol. The van der Waals surface area contributed by atoms with Crippen molar-refractivity contribution in [2.24, 2.45) is 5.73 Å². The van der Waals surface area contributed by atoms with Crippen LogP contribution in [0.3, 0.4) is 0 Å². The molecular weight excluding hydrogens is 278 g/mol. The summed E-state index contributed by atoms with van der Waals surface area (Å²) in [6.45, 7) is 8.01. The van der Waals surface area contributed by atoms with Crippen molar-refractivity contribution in [1.29, 1.82) is 0 Å². The summed E-state index contributed by atoms with van der Waals surface area (Å²) in [6, 6.07) is 3.45. The SMILES string of the molecule is CC(C)(C)OC(=O)NCC(C)(CN)c1cc(Cl)ccn1. The van der Waals surface area contributed by atoms with E-state index in [1.165, 1.54) is 0 Å². The molecule has 6 heteroatoms. The Morgan fingerprint density at radius 1 is 1.45 bits per heavy atom. The maximum atomic E-state index is 11.7. The van der Waals surface area contributed by atoms with Gasteiger partial charge < -0.3 is 15.8 Å². The maximum absolute atomic E-state index is 11.7. The van der Waals surface area contributed by atoms with Crippen LogP contribution in [-0.4, -0.2) is 29.8 Å². The highest BCUT2D eigenvalue weighted by molar-refractivity contribution is 6.30. The lowest BCUT2D eigenvalue weighted by atomic mass is 9.86. The number of aromatic nitrogens is 1. The molecule has 112 valence electrons. The summed E-state index contributed by atoms with van der Waals surface area (Å²) in [6.07, 6.45) is 1.15. The molecule has 1 unspecified atom stereocenters. The van der Waals surface area contributed by atoms with E-state index in [-0.39, 0.29) is 0 Å². The number of alkyl carbamates (subject to hydrolysis) is 1. The number of nitrogens with one attached hydrogen (secondary N) is 1. The number of hydrogen-bond donors (Lipinski definition) is 2. The van der Waals surface area contributed by atoms with Crippen molar-refractivity contribution < 1.29 is 9.53 Å². The first-order chi connectivity index (χ1) is 9.16. The summed E-state index contributed by atoms with van der Waals surface area (Å²) in [5.74, 6) is 0. The van der Waals surface area contributed by atoms with Crippen LogP contribution in [0.15, 0.2) is 18.3 Å². The van der Waals surface area contributed by atoms with Gasteiger partial charge in [0.1, 0.15) is 5.60 Å². The van der Waals surface area contributed by atoms with Crippen molar-refractivity contribution in [3.05, 3.63) is 29.0 Å². The topological polar surface area (TPSA) is 77.2 Å². The van der Waals surface area contributed by atoms with Gasteiger partial charge in [0.25, 0.3) is 0 Å². The van der Waals surface area contributed by atoms with Gasteiger partial charge in [0.2, 0.25) is 0 Å². The van der Waals surface area contributed by atoms with Gasteiger partial charge in [0, 0.05) is 29.7 Å². The Hall–Kier alpha value is -1.33. The molecule has 1 rings (SSSR count). The van der Waals surface area contributed by atoms with E-state index in [2.05, 4.69) is 10.3 Å². The van der Waals surface area contributed by atoms with Crippen LogP contribution in [0.4, 0.5) is 4.79 Å². The molecule has 0 aromatic carbocycles. The summed E-state index contributed by atoms with van der Waals surface area (Å²) in [4.78, 5) is 16.0. The highest BCUT2D eigenvalue weighted by Crippen LogP contribution is 2.22. The minimum absolute atomic E-state index is 0.325. The summed E-state index contributed by atoms with van der Waals surface area (Å²) in [5, 5.41) is 3.31. The van der Waals surface area contributed by atoms with Crippen molar-refractivity contribution in [1.82, 2.24) is 10.3 Å². The molecule has 1 aromatic heterocycles. The van der Waals surface area contributed by atoms with Gasteiger partial charge in [-0.3, -0.25) is 4.98 Å². The van der Waals surface area contributed by atoms with Crippen LogP contribution < -0.4 is 11.1 Å². The van der Waals surface area contributed by atoms with E-state index in [0.29, 0.717) is 18.1 Å². The van der Waals surface area contributed by atoms with Crippen LogP contribution in [0, 0.1) is 0 Å². The number of pyridine rings is 1. The predicted molar refractivity (Wildman–Crippen MR) is 79.9 cm³/mol. The van der Waals surface area contributed by atoms with Crippen molar-refractivity contribution in [2.45, 2.75) is 38.7 Å². The van der Waals surface area contributed by atoms with Crippen LogP contribution in [0.1, 0.15) is 33.4 Å². The Bertz CT molecular complexity index is 474. The zero-order valence-corrected chi connectivity index (χ0v) is 13.1. The van der Waals surface area contributed by atoms with E-state index in [9.17, 15) is 4.79 Å². The summed E-state index contributed by atoms with van der Waals surface area (Å²) < 4.78 is 5.20. The highest BCUT2D eigenvalue weighted by Gasteiger charge is 2.28. The minimum Gasteiger partial charge on any atom is -0.444 e. The van der Waals surface area contributed by atoms with E-state index in [4.69, 9.17) is 22.1 Å². The summed E-state index contributed by atoms with van der Waals surface area (Å²) in [5.41, 5.74) is 5.54. The van der Waals surface area contributed by atoms with Gasteiger partial charge in [-0.05, 0) is 32.9 Å². The molecule has 0 fully saturated rings. The number of nitrogens with two attached hydrogens (primary N) is 1. The number of halogens is 1. The minimum atomic E-state index is -0.530. The molecule has 0 radical (unpaired) electrons. The number of carbonyl (C=O) groups is 1. The molecule has 1 amide bonds. The van der Waals surface area contributed by atoms with Gasteiger partial charge in [-0.15, -0.1) is 0 Å². The van der Waals surface area contributed by atoms with Crippen LogP contribution in [0.25, 0.3) is 0 Å². The number of hydrogen-bond acceptors (Lipinski definition) is 4. The third-order valence-corrected chi connectivity index (χ3v) is 3.05. The molecule has 1 heterocycles. The molecule has 0 bridgehead atoms. The van der Waals surface area contributed by atoms with Crippen LogP contribution >= 0.6 is 11.6 Å².